The number of carbonyl (C=O) groups excluding carboxylic acids is 2. The number of amides is 2. The molecule has 1 aliphatic heterocycles. The highest BCUT2D eigenvalue weighted by Gasteiger charge is 2.37. The van der Waals surface area contributed by atoms with Gasteiger partial charge >= 0.3 is 12.0 Å². The number of hydrogen-bond donors (Lipinski definition) is 2. The van der Waals surface area contributed by atoms with Gasteiger partial charge in [0.05, 0.1) is 50.2 Å². The molecule has 10 nitrogen and oxygen atoms in total. The second-order valence-corrected chi connectivity index (χ2v) is 9.16. The molecule has 1 heterocycles. The van der Waals surface area contributed by atoms with Crippen molar-refractivity contribution in [2.24, 2.45) is 0 Å². The number of benzene rings is 2. The van der Waals surface area contributed by atoms with Gasteiger partial charge in [0.1, 0.15) is 5.75 Å². The summed E-state index contributed by atoms with van der Waals surface area (Å²) in [5.41, 5.74) is 0.201. The van der Waals surface area contributed by atoms with Crippen molar-refractivity contribution in [3.8, 4) is 17.2 Å². The third-order valence-electron chi connectivity index (χ3n) is 5.13. The predicted molar refractivity (Wildman–Crippen MR) is 123 cm³/mol. The van der Waals surface area contributed by atoms with E-state index in [2.05, 4.69) is 10.6 Å². The Labute approximate surface area is 197 Å². The molecule has 0 spiro atoms. The van der Waals surface area contributed by atoms with Gasteiger partial charge in [-0.25, -0.2) is 18.0 Å². The lowest BCUT2D eigenvalue weighted by atomic mass is 9.94. The average Bonchev–Trinajstić information content (AvgIpc) is 2.83. The topological polar surface area (TPSA) is 129 Å². The van der Waals surface area contributed by atoms with E-state index in [1.165, 1.54) is 33.5 Å². The molecular weight excluding hydrogens is 464 g/mol. The standard InChI is InChI=1S/C23H26N2O8S/c1-5-33-22(26)20-16(13-34(28,29)14-9-7-6-8-10-14)24-23(27)25-21(20)15-11-18(31-3)19(32-4)12-17(15)30-2/h6-12,21H,5,13H2,1-4H3,(H2,24,25,27)/t21-/m0/s1. The van der Waals surface area contributed by atoms with Gasteiger partial charge in [0.25, 0.3) is 0 Å². The number of esters is 1. The fourth-order valence-electron chi connectivity index (χ4n) is 3.59. The summed E-state index contributed by atoms with van der Waals surface area (Å²) in [6, 6.07) is 9.08. The molecule has 34 heavy (non-hydrogen) atoms. The van der Waals surface area contributed by atoms with Crippen molar-refractivity contribution in [3.63, 3.8) is 0 Å². The Morgan fingerprint density at radius 2 is 1.59 bits per heavy atom. The van der Waals surface area contributed by atoms with E-state index in [-0.39, 0.29) is 28.5 Å². The predicted octanol–water partition coefficient (Wildman–Crippen LogP) is 2.36. The van der Waals surface area contributed by atoms with Crippen LogP contribution in [0.3, 0.4) is 0 Å². The molecule has 0 saturated heterocycles. The molecule has 182 valence electrons. The summed E-state index contributed by atoms with van der Waals surface area (Å²) in [7, 11) is 0.423. The van der Waals surface area contributed by atoms with Crippen molar-refractivity contribution in [1.29, 1.82) is 0 Å². The molecule has 0 aliphatic carbocycles. The average molecular weight is 491 g/mol. The zero-order chi connectivity index (χ0) is 24.9. The van der Waals surface area contributed by atoms with E-state index < -0.39 is 33.6 Å². The van der Waals surface area contributed by atoms with Crippen LogP contribution in [-0.2, 0) is 19.4 Å². The normalized spacial score (nSPS) is 15.8. The monoisotopic (exact) mass is 490 g/mol. The second kappa shape index (κ2) is 10.5. The van der Waals surface area contributed by atoms with E-state index in [0.717, 1.165) is 0 Å². The molecule has 0 bridgehead atoms. The van der Waals surface area contributed by atoms with Crippen LogP contribution in [0, 0.1) is 0 Å². The number of nitrogens with one attached hydrogen (secondary N) is 2. The van der Waals surface area contributed by atoms with E-state index in [1.807, 2.05) is 0 Å². The molecule has 11 heteroatoms. The lowest BCUT2D eigenvalue weighted by Gasteiger charge is -2.30. The van der Waals surface area contributed by atoms with Crippen LogP contribution in [-0.4, -0.2) is 54.1 Å². The largest absolute Gasteiger partial charge is 0.496 e. The van der Waals surface area contributed by atoms with Crippen LogP contribution >= 0.6 is 0 Å². The molecule has 2 N–H and O–H groups in total. The number of hydrogen-bond acceptors (Lipinski definition) is 8. The van der Waals surface area contributed by atoms with E-state index in [1.54, 1.807) is 37.3 Å². The Morgan fingerprint density at radius 1 is 0.971 bits per heavy atom. The zero-order valence-corrected chi connectivity index (χ0v) is 20.0. The van der Waals surface area contributed by atoms with Crippen LogP contribution in [0.4, 0.5) is 4.79 Å². The first-order chi connectivity index (χ1) is 16.2. The van der Waals surface area contributed by atoms with Crippen molar-refractivity contribution in [2.45, 2.75) is 17.9 Å². The van der Waals surface area contributed by atoms with Gasteiger partial charge in [-0.3, -0.25) is 0 Å². The van der Waals surface area contributed by atoms with E-state index in [9.17, 15) is 18.0 Å². The Morgan fingerprint density at radius 3 is 2.18 bits per heavy atom. The van der Waals surface area contributed by atoms with Gasteiger partial charge in [-0.15, -0.1) is 0 Å². The Balaban J connectivity index is 2.20. The smallest absolute Gasteiger partial charge is 0.338 e. The molecule has 2 aromatic rings. The van der Waals surface area contributed by atoms with Crippen LogP contribution in [0.2, 0.25) is 0 Å². The maximum atomic E-state index is 13.1. The first kappa shape index (κ1) is 24.9. The highest BCUT2D eigenvalue weighted by Crippen LogP contribution is 2.41. The summed E-state index contributed by atoms with van der Waals surface area (Å²) in [5.74, 6) is -0.415. The van der Waals surface area contributed by atoms with E-state index in [0.29, 0.717) is 17.1 Å². The van der Waals surface area contributed by atoms with Gasteiger partial charge in [0, 0.05) is 17.3 Å². The van der Waals surface area contributed by atoms with Crippen molar-refractivity contribution in [1.82, 2.24) is 10.6 Å². The second-order valence-electron chi connectivity index (χ2n) is 7.17. The number of ether oxygens (including phenoxy) is 4. The first-order valence-electron chi connectivity index (χ1n) is 10.3. The zero-order valence-electron chi connectivity index (χ0n) is 19.2. The Hall–Kier alpha value is -3.73. The van der Waals surface area contributed by atoms with Crippen molar-refractivity contribution < 1.29 is 37.0 Å². The molecule has 3 rings (SSSR count). The highest BCUT2D eigenvalue weighted by molar-refractivity contribution is 7.91. The number of rotatable bonds is 9. The quantitative estimate of drug-likeness (QED) is 0.513. The molecule has 1 atom stereocenters. The first-order valence-corrected chi connectivity index (χ1v) is 12.0. The van der Waals surface area contributed by atoms with Crippen molar-refractivity contribution in [2.75, 3.05) is 33.7 Å². The maximum Gasteiger partial charge on any atom is 0.338 e. The van der Waals surface area contributed by atoms with Crippen LogP contribution in [0.15, 0.2) is 58.6 Å². The summed E-state index contributed by atoms with van der Waals surface area (Å²) in [4.78, 5) is 25.7. The fraction of sp³-hybridized carbons (Fsp3) is 0.304. The Kier molecular flexibility index (Phi) is 7.67. The van der Waals surface area contributed by atoms with Crippen molar-refractivity contribution >= 4 is 21.8 Å². The molecule has 2 amide bonds. The lowest BCUT2D eigenvalue weighted by Crippen LogP contribution is -2.47. The SMILES string of the molecule is CCOC(=O)C1=C(CS(=O)(=O)c2ccccc2)NC(=O)N[C@H]1c1cc(OC)c(OC)cc1OC. The van der Waals surface area contributed by atoms with Gasteiger partial charge in [0.2, 0.25) is 0 Å². The molecule has 0 radical (unpaired) electrons. The van der Waals surface area contributed by atoms with Gasteiger partial charge in [-0.1, -0.05) is 18.2 Å². The van der Waals surface area contributed by atoms with E-state index >= 15 is 0 Å². The third kappa shape index (κ3) is 5.09. The van der Waals surface area contributed by atoms with Crippen LogP contribution < -0.4 is 24.8 Å². The number of sulfone groups is 1. The maximum absolute atomic E-state index is 13.1. The summed E-state index contributed by atoms with van der Waals surface area (Å²) in [5, 5.41) is 5.13. The highest BCUT2D eigenvalue weighted by atomic mass is 32.2. The van der Waals surface area contributed by atoms with Gasteiger partial charge in [0.15, 0.2) is 21.3 Å². The minimum atomic E-state index is -3.89. The van der Waals surface area contributed by atoms with E-state index in [4.69, 9.17) is 18.9 Å². The minimum absolute atomic E-state index is 0.0464. The molecule has 0 saturated carbocycles. The van der Waals surface area contributed by atoms with Crippen LogP contribution in [0.25, 0.3) is 0 Å². The molecule has 0 aromatic heterocycles. The van der Waals surface area contributed by atoms with Crippen LogP contribution in [0.5, 0.6) is 17.2 Å². The van der Waals surface area contributed by atoms with Gasteiger partial charge < -0.3 is 29.6 Å². The van der Waals surface area contributed by atoms with Gasteiger partial charge in [-0.05, 0) is 25.1 Å². The number of carbonyl (C=O) groups is 2. The Bertz CT molecular complexity index is 1210. The van der Waals surface area contributed by atoms with Crippen molar-refractivity contribution in [3.05, 3.63) is 59.3 Å². The number of urea groups is 1. The van der Waals surface area contributed by atoms with Crippen LogP contribution in [0.1, 0.15) is 18.5 Å². The number of methoxy groups -OCH3 is 3. The fourth-order valence-corrected chi connectivity index (χ4v) is 4.94. The summed E-state index contributed by atoms with van der Waals surface area (Å²) in [6.07, 6.45) is 0. The third-order valence-corrected chi connectivity index (χ3v) is 6.79. The lowest BCUT2D eigenvalue weighted by molar-refractivity contribution is -0.139. The summed E-state index contributed by atoms with van der Waals surface area (Å²) >= 11 is 0. The summed E-state index contributed by atoms with van der Waals surface area (Å²) < 4.78 is 47.5. The van der Waals surface area contributed by atoms with Gasteiger partial charge in [-0.2, -0.15) is 0 Å². The molecule has 1 aliphatic rings. The molecule has 0 fully saturated rings. The minimum Gasteiger partial charge on any atom is -0.496 e. The molecule has 2 aromatic carbocycles. The molecule has 0 unspecified atom stereocenters. The molecular formula is C23H26N2O8S. The summed E-state index contributed by atoms with van der Waals surface area (Å²) in [6.45, 7) is 1.67.